The molecule has 5 aromatic carbocycles. The lowest BCUT2D eigenvalue weighted by Gasteiger charge is -2.23. The maximum Gasteiger partial charge on any atom is 0.163 e. The Balaban J connectivity index is 0.913. The smallest absolute Gasteiger partial charge is 0.163 e. The van der Waals surface area contributed by atoms with E-state index in [1.165, 1.54) is 44.3 Å². The molecule has 4 aliphatic rings. The van der Waals surface area contributed by atoms with Gasteiger partial charge in [0, 0.05) is 33.6 Å². The van der Waals surface area contributed by atoms with Crippen LogP contribution >= 0.6 is 0 Å². The van der Waals surface area contributed by atoms with Crippen LogP contribution in [-0.4, -0.2) is 21.1 Å². The number of hydrogen-bond acceptors (Lipinski definition) is 5. The first-order valence-electron chi connectivity index (χ1n) is 19.5. The second-order valence-electron chi connectivity index (χ2n) is 14.9. The summed E-state index contributed by atoms with van der Waals surface area (Å²) in [5.41, 5.74) is 12.6. The van der Waals surface area contributed by atoms with Gasteiger partial charge in [-0.15, -0.1) is 0 Å². The molecule has 1 aliphatic heterocycles. The van der Waals surface area contributed by atoms with Crippen LogP contribution in [0.5, 0.6) is 5.75 Å². The van der Waals surface area contributed by atoms with Gasteiger partial charge in [-0.25, -0.2) is 15.0 Å². The molecule has 0 saturated carbocycles. The molecule has 0 amide bonds. The molecular weight excluding hydrogens is 687 g/mol. The molecule has 56 heavy (non-hydrogen) atoms. The van der Waals surface area contributed by atoms with E-state index >= 15 is 0 Å². The summed E-state index contributed by atoms with van der Waals surface area (Å²) in [6.07, 6.45) is 19.7. The van der Waals surface area contributed by atoms with Gasteiger partial charge in [0.15, 0.2) is 11.6 Å². The largest absolute Gasteiger partial charge is 0.485 e. The minimum Gasteiger partial charge on any atom is -0.485 e. The number of nitrogens with zero attached hydrogens (tertiary/aromatic N) is 3. The van der Waals surface area contributed by atoms with E-state index in [2.05, 4.69) is 158 Å². The Morgan fingerprint density at radius 2 is 1.32 bits per heavy atom. The van der Waals surface area contributed by atoms with E-state index in [1.54, 1.807) is 0 Å². The zero-order valence-corrected chi connectivity index (χ0v) is 30.7. The Morgan fingerprint density at radius 3 is 2.16 bits per heavy atom. The van der Waals surface area contributed by atoms with Crippen molar-refractivity contribution in [2.45, 2.75) is 37.2 Å². The number of ether oxygens (including phenoxy) is 1. The summed E-state index contributed by atoms with van der Waals surface area (Å²) < 4.78 is 12.8. The fourth-order valence-corrected chi connectivity index (χ4v) is 8.67. The molecule has 3 atom stereocenters. The van der Waals surface area contributed by atoms with E-state index in [9.17, 15) is 0 Å². The van der Waals surface area contributed by atoms with Gasteiger partial charge >= 0.3 is 0 Å². The van der Waals surface area contributed by atoms with Crippen molar-refractivity contribution in [3.05, 3.63) is 198 Å². The fraction of sp³-hybridized carbons (Fsp3) is 0.118. The minimum absolute atomic E-state index is 0.0531. The Bertz CT molecular complexity index is 2800. The highest BCUT2D eigenvalue weighted by molar-refractivity contribution is 5.90. The first-order chi connectivity index (χ1) is 27.7. The molecule has 5 heteroatoms. The van der Waals surface area contributed by atoms with Crippen molar-refractivity contribution in [1.82, 2.24) is 15.0 Å². The highest BCUT2D eigenvalue weighted by Crippen LogP contribution is 2.49. The van der Waals surface area contributed by atoms with Crippen LogP contribution in [0.15, 0.2) is 168 Å². The summed E-state index contributed by atoms with van der Waals surface area (Å²) in [7, 11) is 0. The predicted octanol–water partition coefficient (Wildman–Crippen LogP) is 12.2. The van der Waals surface area contributed by atoms with Crippen molar-refractivity contribution < 1.29 is 9.15 Å². The van der Waals surface area contributed by atoms with Gasteiger partial charge in [0.1, 0.15) is 29.0 Å². The van der Waals surface area contributed by atoms with E-state index in [1.807, 2.05) is 12.1 Å². The Hall–Kier alpha value is -6.85. The SMILES string of the molecule is C1=CCC(c2nc(C3=Cc4oc5ccccc5c4CC3)nc(-c3ccc(C4=CC=CC5Oc6ccc(-c7ccc(-c8ccccc8)cc7)cc6C45)cc3)n2)C=C1. The quantitative estimate of drug-likeness (QED) is 0.171. The molecule has 0 fully saturated rings. The predicted molar refractivity (Wildman–Crippen MR) is 225 cm³/mol. The van der Waals surface area contributed by atoms with Gasteiger partial charge in [-0.1, -0.05) is 140 Å². The lowest BCUT2D eigenvalue weighted by Crippen LogP contribution is -2.19. The molecule has 0 saturated heterocycles. The molecule has 2 aromatic heterocycles. The van der Waals surface area contributed by atoms with E-state index in [0.717, 1.165) is 64.7 Å². The lowest BCUT2D eigenvalue weighted by molar-refractivity contribution is 0.271. The normalized spacial score (nSPS) is 19.2. The number of rotatable bonds is 6. The molecule has 0 radical (unpaired) electrons. The lowest BCUT2D eigenvalue weighted by atomic mass is 9.80. The van der Waals surface area contributed by atoms with Crippen LogP contribution in [0.1, 0.15) is 58.8 Å². The molecule has 3 aliphatic carbocycles. The number of para-hydroxylation sites is 1. The first-order valence-corrected chi connectivity index (χ1v) is 19.5. The van der Waals surface area contributed by atoms with E-state index in [4.69, 9.17) is 24.1 Å². The summed E-state index contributed by atoms with van der Waals surface area (Å²) >= 11 is 0. The zero-order valence-electron chi connectivity index (χ0n) is 30.7. The van der Waals surface area contributed by atoms with Gasteiger partial charge in [-0.3, -0.25) is 0 Å². The topological polar surface area (TPSA) is 61.0 Å². The summed E-state index contributed by atoms with van der Waals surface area (Å²) in [4.78, 5) is 15.3. The van der Waals surface area contributed by atoms with Crippen LogP contribution in [-0.2, 0) is 6.42 Å². The maximum atomic E-state index is 6.53. The second-order valence-corrected chi connectivity index (χ2v) is 14.9. The van der Waals surface area contributed by atoms with Crippen LogP contribution in [0.4, 0.5) is 0 Å². The number of allylic oxidation sites excluding steroid dienone is 7. The van der Waals surface area contributed by atoms with Crippen molar-refractivity contribution in [1.29, 1.82) is 0 Å². The van der Waals surface area contributed by atoms with Gasteiger partial charge < -0.3 is 9.15 Å². The maximum absolute atomic E-state index is 6.53. The zero-order chi connectivity index (χ0) is 37.0. The molecule has 7 aromatic rings. The highest BCUT2D eigenvalue weighted by Gasteiger charge is 2.37. The van der Waals surface area contributed by atoms with Crippen LogP contribution < -0.4 is 4.74 Å². The summed E-state index contributed by atoms with van der Waals surface area (Å²) in [5, 5.41) is 1.19. The number of aromatic nitrogens is 3. The van der Waals surface area contributed by atoms with E-state index in [0.29, 0.717) is 5.82 Å². The summed E-state index contributed by atoms with van der Waals surface area (Å²) in [6, 6.07) is 43.0. The summed E-state index contributed by atoms with van der Waals surface area (Å²) in [5.74, 6) is 4.23. The first kappa shape index (κ1) is 32.6. The van der Waals surface area contributed by atoms with Crippen molar-refractivity contribution in [3.8, 4) is 39.4 Å². The third-order valence-electron chi connectivity index (χ3n) is 11.6. The van der Waals surface area contributed by atoms with E-state index in [-0.39, 0.29) is 17.9 Å². The van der Waals surface area contributed by atoms with Crippen LogP contribution in [0.2, 0.25) is 0 Å². The number of furan rings is 1. The molecule has 268 valence electrons. The van der Waals surface area contributed by atoms with Gasteiger partial charge in [-0.05, 0) is 83.0 Å². The molecule has 0 bridgehead atoms. The third-order valence-corrected chi connectivity index (χ3v) is 11.6. The number of aryl methyl sites for hydroxylation is 1. The highest BCUT2D eigenvalue weighted by atomic mass is 16.5. The van der Waals surface area contributed by atoms with Crippen molar-refractivity contribution >= 4 is 28.2 Å². The molecule has 5 nitrogen and oxygen atoms in total. The van der Waals surface area contributed by atoms with Gasteiger partial charge in [0.25, 0.3) is 0 Å². The average Bonchev–Trinajstić information content (AvgIpc) is 3.85. The standard InChI is InChI=1S/C51H37N3O2/c1-3-10-32(11-4-1)33-18-20-34(21-19-33)38-27-29-45-43(30-38)48-40(15-9-17-46(48)55-45)35-22-24-37(25-23-35)50-52-49(36-12-5-2-6-13-36)53-51(54-50)39-26-28-42-41-14-7-8-16-44(41)56-47(42)31-39/h1-12,14-25,27,29-31,36,46,48H,13,26,28H2. The van der Waals surface area contributed by atoms with Crippen LogP contribution in [0, 0.1) is 0 Å². The Morgan fingerprint density at radius 1 is 0.589 bits per heavy atom. The van der Waals surface area contributed by atoms with Crippen molar-refractivity contribution in [3.63, 3.8) is 0 Å². The van der Waals surface area contributed by atoms with Crippen molar-refractivity contribution in [2.75, 3.05) is 0 Å². The van der Waals surface area contributed by atoms with Gasteiger partial charge in [0.05, 0.1) is 5.92 Å². The number of fused-ring (bicyclic) bond motifs is 6. The van der Waals surface area contributed by atoms with Gasteiger partial charge in [0.2, 0.25) is 0 Å². The molecule has 3 heterocycles. The van der Waals surface area contributed by atoms with Crippen LogP contribution in [0.3, 0.4) is 0 Å². The third kappa shape index (κ3) is 5.75. The fourth-order valence-electron chi connectivity index (χ4n) is 8.67. The average molecular weight is 724 g/mol. The number of hydrogen-bond donors (Lipinski definition) is 0. The second kappa shape index (κ2) is 13.5. The molecule has 11 rings (SSSR count). The number of benzene rings is 5. The van der Waals surface area contributed by atoms with Crippen LogP contribution in [0.25, 0.3) is 61.8 Å². The monoisotopic (exact) mass is 723 g/mol. The van der Waals surface area contributed by atoms with Gasteiger partial charge in [-0.2, -0.15) is 0 Å². The van der Waals surface area contributed by atoms with Crippen molar-refractivity contribution in [2.24, 2.45) is 0 Å². The van der Waals surface area contributed by atoms with E-state index < -0.39 is 0 Å². The Labute approximate surface area is 325 Å². The molecular formula is C51H37N3O2. The molecule has 3 unspecified atom stereocenters. The minimum atomic E-state index is -0.0531. The Kier molecular flexibility index (Phi) is 7.83. The summed E-state index contributed by atoms with van der Waals surface area (Å²) in [6.45, 7) is 0. The molecule has 0 spiro atoms. The molecule has 0 N–H and O–H groups in total.